The molecule has 32 heavy (non-hydrogen) atoms. The van der Waals surface area contributed by atoms with Crippen molar-refractivity contribution < 1.29 is 9.59 Å². The number of carbonyl (C=O) groups excluding carboxylic acids is 2. The van der Waals surface area contributed by atoms with Crippen LogP contribution in [-0.2, 0) is 17.8 Å². The summed E-state index contributed by atoms with van der Waals surface area (Å²) >= 11 is 6.01. The van der Waals surface area contributed by atoms with Gasteiger partial charge in [0.1, 0.15) is 12.4 Å². The predicted molar refractivity (Wildman–Crippen MR) is 127 cm³/mol. The zero-order valence-electron chi connectivity index (χ0n) is 17.6. The fourth-order valence-corrected chi connectivity index (χ4v) is 3.80. The van der Waals surface area contributed by atoms with E-state index in [4.69, 9.17) is 11.6 Å². The van der Waals surface area contributed by atoms with Gasteiger partial charge in [-0.2, -0.15) is 0 Å². The Kier molecular flexibility index (Phi) is 6.52. The zero-order valence-corrected chi connectivity index (χ0v) is 18.4. The van der Waals surface area contributed by atoms with Gasteiger partial charge >= 0.3 is 0 Å². The lowest BCUT2D eigenvalue weighted by Gasteiger charge is -2.11. The summed E-state index contributed by atoms with van der Waals surface area (Å²) in [6.45, 7) is 2.42. The van der Waals surface area contributed by atoms with Crippen LogP contribution in [-0.4, -0.2) is 27.9 Å². The summed E-state index contributed by atoms with van der Waals surface area (Å²) in [6, 6.07) is 22.2. The van der Waals surface area contributed by atoms with E-state index in [9.17, 15) is 9.59 Å². The van der Waals surface area contributed by atoms with Crippen LogP contribution in [0.25, 0.3) is 11.0 Å². The van der Waals surface area contributed by atoms with Crippen LogP contribution in [0.1, 0.15) is 21.7 Å². The number of benzene rings is 3. The standard InChI is InChI=1S/C25H23ClN4O2/c1-17-7-2-3-10-20(17)25(32)27-14-13-23-29-21-11-4-5-12-22(21)30(23)16-24(31)28-19-9-6-8-18(26)15-19/h2-12,15H,13-14,16H2,1H3,(H,27,32)(H,28,31). The Morgan fingerprint density at radius 1 is 1.00 bits per heavy atom. The maximum absolute atomic E-state index is 12.7. The van der Waals surface area contributed by atoms with Crippen molar-refractivity contribution in [2.24, 2.45) is 0 Å². The van der Waals surface area contributed by atoms with Gasteiger partial charge in [0.05, 0.1) is 11.0 Å². The van der Waals surface area contributed by atoms with Crippen molar-refractivity contribution in [1.82, 2.24) is 14.9 Å². The van der Waals surface area contributed by atoms with Gasteiger partial charge in [0.15, 0.2) is 0 Å². The normalized spacial score (nSPS) is 10.8. The minimum absolute atomic E-state index is 0.105. The van der Waals surface area contributed by atoms with Crippen molar-refractivity contribution in [2.45, 2.75) is 19.9 Å². The van der Waals surface area contributed by atoms with Crippen LogP contribution in [0.15, 0.2) is 72.8 Å². The van der Waals surface area contributed by atoms with Crippen LogP contribution in [0.2, 0.25) is 5.02 Å². The van der Waals surface area contributed by atoms with Gasteiger partial charge in [0.2, 0.25) is 5.91 Å². The smallest absolute Gasteiger partial charge is 0.251 e. The van der Waals surface area contributed by atoms with Crippen LogP contribution in [0.5, 0.6) is 0 Å². The first kappa shape index (κ1) is 21.6. The Hall–Kier alpha value is -3.64. The monoisotopic (exact) mass is 446 g/mol. The maximum atomic E-state index is 12.7. The van der Waals surface area contributed by atoms with E-state index in [0.717, 1.165) is 22.4 Å². The molecule has 4 rings (SSSR count). The average molecular weight is 447 g/mol. The number of halogens is 1. The molecular weight excluding hydrogens is 424 g/mol. The SMILES string of the molecule is Cc1ccccc1C(=O)NCCc1nc2ccccc2n1CC(=O)Nc1cccc(Cl)c1. The number of aromatic nitrogens is 2. The number of nitrogens with zero attached hydrogens (tertiary/aromatic N) is 2. The van der Waals surface area contributed by atoms with Crippen LogP contribution in [0.3, 0.4) is 0 Å². The average Bonchev–Trinajstić information content (AvgIpc) is 3.11. The second-order valence-electron chi connectivity index (χ2n) is 7.48. The van der Waals surface area contributed by atoms with Gasteiger partial charge in [-0.25, -0.2) is 4.98 Å². The lowest BCUT2D eigenvalue weighted by Crippen LogP contribution is -2.27. The fraction of sp³-hybridized carbons (Fsp3) is 0.160. The summed E-state index contributed by atoms with van der Waals surface area (Å²) in [4.78, 5) is 29.9. The number of imidazole rings is 1. The van der Waals surface area contributed by atoms with E-state index in [2.05, 4.69) is 15.6 Å². The predicted octanol–water partition coefficient (Wildman–Crippen LogP) is 4.61. The molecule has 0 unspecified atom stereocenters. The third-order valence-corrected chi connectivity index (χ3v) is 5.40. The van der Waals surface area contributed by atoms with Gasteiger partial charge < -0.3 is 15.2 Å². The van der Waals surface area contributed by atoms with Gasteiger partial charge in [0.25, 0.3) is 5.91 Å². The molecule has 2 N–H and O–H groups in total. The van der Waals surface area contributed by atoms with Crippen molar-refractivity contribution in [3.05, 3.63) is 94.8 Å². The minimum atomic E-state index is -0.180. The molecule has 0 saturated heterocycles. The number of aryl methyl sites for hydroxylation is 1. The number of rotatable bonds is 7. The number of carbonyl (C=O) groups is 2. The van der Waals surface area contributed by atoms with E-state index < -0.39 is 0 Å². The van der Waals surface area contributed by atoms with Crippen molar-refractivity contribution in [3.8, 4) is 0 Å². The Bertz CT molecular complexity index is 1280. The topological polar surface area (TPSA) is 76.0 Å². The van der Waals surface area contributed by atoms with Crippen molar-refractivity contribution in [2.75, 3.05) is 11.9 Å². The van der Waals surface area contributed by atoms with Crippen LogP contribution in [0, 0.1) is 6.92 Å². The second kappa shape index (κ2) is 9.66. The lowest BCUT2D eigenvalue weighted by atomic mass is 10.1. The summed E-state index contributed by atoms with van der Waals surface area (Å²) in [5.41, 5.74) is 3.90. The van der Waals surface area contributed by atoms with Gasteiger partial charge in [-0.3, -0.25) is 9.59 Å². The Morgan fingerprint density at radius 3 is 2.59 bits per heavy atom. The number of anilines is 1. The summed E-state index contributed by atoms with van der Waals surface area (Å²) in [5, 5.41) is 6.38. The van der Waals surface area contributed by atoms with E-state index in [1.54, 1.807) is 30.3 Å². The highest BCUT2D eigenvalue weighted by Crippen LogP contribution is 2.18. The Balaban J connectivity index is 1.48. The molecule has 4 aromatic rings. The molecule has 0 aliphatic rings. The minimum Gasteiger partial charge on any atom is -0.352 e. The summed E-state index contributed by atoms with van der Waals surface area (Å²) < 4.78 is 1.88. The molecule has 0 bridgehead atoms. The Labute approximate surface area is 191 Å². The third kappa shape index (κ3) is 4.98. The lowest BCUT2D eigenvalue weighted by molar-refractivity contribution is -0.116. The first-order chi connectivity index (χ1) is 15.5. The molecule has 162 valence electrons. The van der Waals surface area contributed by atoms with Crippen molar-refractivity contribution >= 4 is 40.1 Å². The number of fused-ring (bicyclic) bond motifs is 1. The van der Waals surface area contributed by atoms with Gasteiger partial charge in [0, 0.05) is 29.2 Å². The van der Waals surface area contributed by atoms with E-state index in [-0.39, 0.29) is 18.4 Å². The van der Waals surface area contributed by atoms with E-state index in [1.807, 2.05) is 54.0 Å². The van der Waals surface area contributed by atoms with Crippen LogP contribution >= 0.6 is 11.6 Å². The summed E-state index contributed by atoms with van der Waals surface area (Å²) in [6.07, 6.45) is 0.497. The molecule has 0 radical (unpaired) electrons. The van der Waals surface area contributed by atoms with Crippen molar-refractivity contribution in [3.63, 3.8) is 0 Å². The molecule has 0 saturated carbocycles. The molecule has 1 heterocycles. The molecule has 0 aliphatic carbocycles. The van der Waals surface area contributed by atoms with Gasteiger partial charge in [-0.1, -0.05) is 48.0 Å². The molecule has 6 nitrogen and oxygen atoms in total. The van der Waals surface area contributed by atoms with Gasteiger partial charge in [-0.15, -0.1) is 0 Å². The molecule has 0 atom stereocenters. The van der Waals surface area contributed by atoms with Crippen LogP contribution < -0.4 is 10.6 Å². The largest absolute Gasteiger partial charge is 0.352 e. The molecule has 7 heteroatoms. The number of hydrogen-bond acceptors (Lipinski definition) is 3. The van der Waals surface area contributed by atoms with Crippen molar-refractivity contribution in [1.29, 1.82) is 0 Å². The second-order valence-corrected chi connectivity index (χ2v) is 7.92. The maximum Gasteiger partial charge on any atom is 0.251 e. The fourth-order valence-electron chi connectivity index (χ4n) is 3.61. The summed E-state index contributed by atoms with van der Waals surface area (Å²) in [5.74, 6) is 0.433. The van der Waals surface area contributed by atoms with Gasteiger partial charge in [-0.05, 0) is 48.9 Å². The first-order valence-electron chi connectivity index (χ1n) is 10.3. The highest BCUT2D eigenvalue weighted by Gasteiger charge is 2.15. The summed E-state index contributed by atoms with van der Waals surface area (Å²) in [7, 11) is 0. The zero-order chi connectivity index (χ0) is 22.5. The molecule has 0 spiro atoms. The number of hydrogen-bond donors (Lipinski definition) is 2. The number of nitrogens with one attached hydrogen (secondary N) is 2. The molecular formula is C25H23ClN4O2. The third-order valence-electron chi connectivity index (χ3n) is 5.17. The molecule has 0 fully saturated rings. The first-order valence-corrected chi connectivity index (χ1v) is 10.7. The number of para-hydroxylation sites is 2. The molecule has 2 amide bonds. The van der Waals surface area contributed by atoms with E-state index in [0.29, 0.717) is 29.2 Å². The Morgan fingerprint density at radius 2 is 1.78 bits per heavy atom. The molecule has 3 aromatic carbocycles. The number of amides is 2. The molecule has 1 aromatic heterocycles. The van der Waals surface area contributed by atoms with E-state index >= 15 is 0 Å². The highest BCUT2D eigenvalue weighted by atomic mass is 35.5. The molecule has 0 aliphatic heterocycles. The highest BCUT2D eigenvalue weighted by molar-refractivity contribution is 6.30. The van der Waals surface area contributed by atoms with E-state index in [1.165, 1.54) is 0 Å². The van der Waals surface area contributed by atoms with Crippen LogP contribution in [0.4, 0.5) is 5.69 Å². The quantitative estimate of drug-likeness (QED) is 0.435.